The van der Waals surface area contributed by atoms with Crippen LogP contribution in [-0.4, -0.2) is 9.78 Å². The predicted molar refractivity (Wildman–Crippen MR) is 66.4 cm³/mol. The Balaban J connectivity index is 2.54. The number of hydrogen-bond acceptors (Lipinski definition) is 2. The Morgan fingerprint density at radius 2 is 2.06 bits per heavy atom. The number of nitrogens with zero attached hydrogens (tertiary/aromatic N) is 2. The van der Waals surface area contributed by atoms with E-state index in [0.717, 1.165) is 17.7 Å². The zero-order valence-electron chi connectivity index (χ0n) is 9.48. The topological polar surface area (TPSA) is 43.8 Å². The molecule has 1 aromatic carbocycles. The molecule has 2 rings (SSSR count). The summed E-state index contributed by atoms with van der Waals surface area (Å²) >= 11 is 0. The van der Waals surface area contributed by atoms with Crippen LogP contribution < -0.4 is 5.73 Å². The molecule has 0 aliphatic heterocycles. The van der Waals surface area contributed by atoms with Crippen molar-refractivity contribution >= 4 is 5.82 Å². The van der Waals surface area contributed by atoms with Crippen LogP contribution in [0.5, 0.6) is 0 Å². The SMILES string of the molecule is [CH2]Cc1cnn(-c2ccccc2CC)c1N. The Bertz CT molecular complexity index is 486. The lowest BCUT2D eigenvalue weighted by Crippen LogP contribution is -2.05. The molecule has 0 unspecified atom stereocenters. The number of aryl methyl sites for hydroxylation is 1. The molecule has 0 amide bonds. The smallest absolute Gasteiger partial charge is 0.130 e. The summed E-state index contributed by atoms with van der Waals surface area (Å²) < 4.78 is 1.79. The highest BCUT2D eigenvalue weighted by atomic mass is 15.3. The third-order valence-electron chi connectivity index (χ3n) is 2.76. The Hall–Kier alpha value is -1.77. The molecule has 83 valence electrons. The summed E-state index contributed by atoms with van der Waals surface area (Å²) in [7, 11) is 0. The molecule has 2 aromatic rings. The van der Waals surface area contributed by atoms with E-state index in [4.69, 9.17) is 5.73 Å². The third kappa shape index (κ3) is 1.69. The second-order valence-corrected chi connectivity index (χ2v) is 3.70. The number of rotatable bonds is 3. The number of benzene rings is 1. The van der Waals surface area contributed by atoms with Gasteiger partial charge in [0.15, 0.2) is 0 Å². The van der Waals surface area contributed by atoms with Gasteiger partial charge < -0.3 is 5.73 Å². The molecule has 0 aliphatic rings. The molecule has 0 atom stereocenters. The molecule has 0 saturated carbocycles. The van der Waals surface area contributed by atoms with Crippen molar-refractivity contribution < 1.29 is 0 Å². The lowest BCUT2D eigenvalue weighted by molar-refractivity contribution is 0.872. The lowest BCUT2D eigenvalue weighted by Gasteiger charge is -2.09. The summed E-state index contributed by atoms with van der Waals surface area (Å²) in [6, 6.07) is 8.17. The molecular formula is C13H16N3. The van der Waals surface area contributed by atoms with Crippen molar-refractivity contribution in [2.24, 2.45) is 0 Å². The van der Waals surface area contributed by atoms with Gasteiger partial charge in [0.2, 0.25) is 0 Å². The van der Waals surface area contributed by atoms with Crippen LogP contribution in [0.1, 0.15) is 18.1 Å². The van der Waals surface area contributed by atoms with E-state index in [2.05, 4.69) is 25.0 Å². The predicted octanol–water partition coefficient (Wildman–Crippen LogP) is 2.39. The van der Waals surface area contributed by atoms with Gasteiger partial charge in [-0.25, -0.2) is 4.68 Å². The average molecular weight is 214 g/mol. The highest BCUT2D eigenvalue weighted by molar-refractivity contribution is 5.50. The maximum absolute atomic E-state index is 6.03. The second-order valence-electron chi connectivity index (χ2n) is 3.70. The highest BCUT2D eigenvalue weighted by Gasteiger charge is 2.09. The summed E-state index contributed by atoms with van der Waals surface area (Å²) in [5.74, 6) is 0.691. The van der Waals surface area contributed by atoms with Gasteiger partial charge >= 0.3 is 0 Å². The van der Waals surface area contributed by atoms with Gasteiger partial charge in [0.05, 0.1) is 11.9 Å². The molecule has 3 heteroatoms. The lowest BCUT2D eigenvalue weighted by atomic mass is 10.1. The normalized spacial score (nSPS) is 10.6. The van der Waals surface area contributed by atoms with Crippen molar-refractivity contribution in [2.75, 3.05) is 5.73 Å². The van der Waals surface area contributed by atoms with Gasteiger partial charge in [0.25, 0.3) is 0 Å². The van der Waals surface area contributed by atoms with Crippen molar-refractivity contribution in [1.29, 1.82) is 0 Å². The van der Waals surface area contributed by atoms with Gasteiger partial charge in [-0.1, -0.05) is 25.1 Å². The highest BCUT2D eigenvalue weighted by Crippen LogP contribution is 2.20. The number of para-hydroxylation sites is 1. The second kappa shape index (κ2) is 4.39. The summed E-state index contributed by atoms with van der Waals surface area (Å²) in [5, 5.41) is 4.32. The Morgan fingerprint density at radius 3 is 2.69 bits per heavy atom. The van der Waals surface area contributed by atoms with Gasteiger partial charge in [-0.3, -0.25) is 0 Å². The van der Waals surface area contributed by atoms with E-state index < -0.39 is 0 Å². The van der Waals surface area contributed by atoms with E-state index in [1.54, 1.807) is 10.9 Å². The average Bonchev–Trinajstić information content (AvgIpc) is 2.70. The number of anilines is 1. The maximum atomic E-state index is 6.03. The van der Waals surface area contributed by atoms with Gasteiger partial charge in [0.1, 0.15) is 5.82 Å². The fourth-order valence-electron chi connectivity index (χ4n) is 1.79. The number of nitrogens with two attached hydrogens (primary N) is 1. The molecule has 3 nitrogen and oxygen atoms in total. The van der Waals surface area contributed by atoms with Crippen molar-refractivity contribution in [1.82, 2.24) is 9.78 Å². The van der Waals surface area contributed by atoms with Crippen molar-refractivity contribution in [3.05, 3.63) is 48.5 Å². The van der Waals surface area contributed by atoms with Crippen LogP contribution in [-0.2, 0) is 12.8 Å². The largest absolute Gasteiger partial charge is 0.383 e. The van der Waals surface area contributed by atoms with Gasteiger partial charge in [-0.2, -0.15) is 5.10 Å². The van der Waals surface area contributed by atoms with Crippen LogP contribution in [0.3, 0.4) is 0 Å². The van der Waals surface area contributed by atoms with Crippen LogP contribution in [0, 0.1) is 6.92 Å². The van der Waals surface area contributed by atoms with Crippen LogP contribution in [0.25, 0.3) is 5.69 Å². The number of aromatic nitrogens is 2. The molecule has 0 fully saturated rings. The first kappa shape index (κ1) is 10.7. The summed E-state index contributed by atoms with van der Waals surface area (Å²) in [4.78, 5) is 0. The zero-order valence-corrected chi connectivity index (χ0v) is 9.48. The van der Waals surface area contributed by atoms with Gasteiger partial charge in [-0.15, -0.1) is 0 Å². The first-order chi connectivity index (χ1) is 7.77. The molecule has 1 radical (unpaired) electrons. The summed E-state index contributed by atoms with van der Waals surface area (Å²) in [6.45, 7) is 5.96. The quantitative estimate of drug-likeness (QED) is 0.852. The van der Waals surface area contributed by atoms with Crippen LogP contribution in [0.2, 0.25) is 0 Å². The zero-order chi connectivity index (χ0) is 11.5. The van der Waals surface area contributed by atoms with E-state index in [-0.39, 0.29) is 0 Å². The molecule has 1 aromatic heterocycles. The minimum Gasteiger partial charge on any atom is -0.383 e. The molecule has 2 N–H and O–H groups in total. The first-order valence-electron chi connectivity index (χ1n) is 5.47. The Labute approximate surface area is 95.9 Å². The molecule has 0 bridgehead atoms. The maximum Gasteiger partial charge on any atom is 0.130 e. The van der Waals surface area contributed by atoms with Gasteiger partial charge in [0, 0.05) is 5.56 Å². The van der Waals surface area contributed by atoms with E-state index in [1.807, 2.05) is 18.2 Å². The Morgan fingerprint density at radius 1 is 1.31 bits per heavy atom. The van der Waals surface area contributed by atoms with Crippen LogP contribution >= 0.6 is 0 Å². The molecule has 0 saturated heterocycles. The minimum absolute atomic E-state index is 0.667. The standard InChI is InChI=1S/C13H16N3/c1-3-10-7-5-6-8-12(10)16-13(14)11(4-2)9-15-16/h5-9H,2-4,14H2,1H3. The number of hydrogen-bond donors (Lipinski definition) is 1. The molecular weight excluding hydrogens is 198 g/mol. The van der Waals surface area contributed by atoms with E-state index in [0.29, 0.717) is 12.2 Å². The van der Waals surface area contributed by atoms with Crippen molar-refractivity contribution in [3.8, 4) is 5.69 Å². The first-order valence-corrected chi connectivity index (χ1v) is 5.47. The molecule has 16 heavy (non-hydrogen) atoms. The summed E-state index contributed by atoms with van der Waals surface area (Å²) in [5.41, 5.74) is 9.32. The Kier molecular flexibility index (Phi) is 2.95. The van der Waals surface area contributed by atoms with E-state index in [1.165, 1.54) is 5.56 Å². The van der Waals surface area contributed by atoms with Crippen LogP contribution in [0.4, 0.5) is 5.82 Å². The molecule has 0 spiro atoms. The number of nitrogen functional groups attached to an aromatic ring is 1. The van der Waals surface area contributed by atoms with Crippen molar-refractivity contribution in [2.45, 2.75) is 19.8 Å². The van der Waals surface area contributed by atoms with Gasteiger partial charge in [-0.05, 0) is 31.4 Å². The fourth-order valence-corrected chi connectivity index (χ4v) is 1.79. The van der Waals surface area contributed by atoms with Crippen LogP contribution in [0.15, 0.2) is 30.5 Å². The third-order valence-corrected chi connectivity index (χ3v) is 2.76. The van der Waals surface area contributed by atoms with E-state index >= 15 is 0 Å². The van der Waals surface area contributed by atoms with Crippen molar-refractivity contribution in [3.63, 3.8) is 0 Å². The fraction of sp³-hybridized carbons (Fsp3) is 0.231. The summed E-state index contributed by atoms with van der Waals surface area (Å²) in [6.07, 6.45) is 3.42. The molecule has 0 aliphatic carbocycles. The molecule has 1 heterocycles. The minimum atomic E-state index is 0.667. The van der Waals surface area contributed by atoms with E-state index in [9.17, 15) is 0 Å². The monoisotopic (exact) mass is 214 g/mol.